The van der Waals surface area contributed by atoms with E-state index in [-0.39, 0.29) is 19.4 Å². The van der Waals surface area contributed by atoms with E-state index in [2.05, 4.69) is 6.58 Å². The molecule has 0 fully saturated rings. The summed E-state index contributed by atoms with van der Waals surface area (Å²) in [6.07, 6.45) is 0. The van der Waals surface area contributed by atoms with Gasteiger partial charge in [0.05, 0.1) is 5.56 Å². The van der Waals surface area contributed by atoms with Crippen LogP contribution in [0.2, 0.25) is 0 Å². The molecule has 0 spiro atoms. The lowest BCUT2D eigenvalue weighted by Gasteiger charge is -2.08. The van der Waals surface area contributed by atoms with Gasteiger partial charge in [-0.2, -0.15) is 0 Å². The van der Waals surface area contributed by atoms with Gasteiger partial charge >= 0.3 is 5.97 Å². The topological polar surface area (TPSA) is 44.8 Å². The number of hydrogen-bond donors (Lipinski definition) is 0. The Morgan fingerprint density at radius 3 is 2.62 bits per heavy atom. The predicted molar refractivity (Wildman–Crippen MR) is 78.3 cm³/mol. The second-order valence-electron chi connectivity index (χ2n) is 4.61. The monoisotopic (exact) mass is 282 g/mol. The Bertz CT molecular complexity index is 676. The fourth-order valence-electron chi connectivity index (χ4n) is 2.01. The van der Waals surface area contributed by atoms with E-state index in [1.54, 1.807) is 24.3 Å². The van der Waals surface area contributed by atoms with Crippen molar-refractivity contribution in [1.29, 1.82) is 0 Å². The van der Waals surface area contributed by atoms with Crippen molar-refractivity contribution in [3.8, 4) is 11.5 Å². The van der Waals surface area contributed by atoms with Crippen molar-refractivity contribution >= 4 is 11.5 Å². The maximum absolute atomic E-state index is 11.9. The van der Waals surface area contributed by atoms with E-state index >= 15 is 0 Å². The van der Waals surface area contributed by atoms with Crippen LogP contribution in [0.15, 0.2) is 55.1 Å². The number of fused-ring (bicyclic) bond motifs is 1. The average molecular weight is 282 g/mol. The molecule has 0 saturated heterocycles. The summed E-state index contributed by atoms with van der Waals surface area (Å²) >= 11 is 0. The second kappa shape index (κ2) is 5.71. The van der Waals surface area contributed by atoms with Crippen LogP contribution in [0.4, 0.5) is 0 Å². The third kappa shape index (κ3) is 2.89. The Hall–Kier alpha value is -2.75. The first-order valence-corrected chi connectivity index (χ1v) is 6.54. The number of carbonyl (C=O) groups excluding carboxylic acids is 1. The van der Waals surface area contributed by atoms with Crippen molar-refractivity contribution in [2.24, 2.45) is 0 Å². The molecule has 2 aromatic carbocycles. The molecule has 106 valence electrons. The van der Waals surface area contributed by atoms with Crippen LogP contribution < -0.4 is 9.47 Å². The SMILES string of the molecule is C=C(COC(=O)c1ccccc1)c1ccc2c(c1)OCO2. The maximum atomic E-state index is 11.9. The molecule has 1 aliphatic heterocycles. The molecule has 3 rings (SSSR count). The first-order chi connectivity index (χ1) is 10.2. The molecule has 0 aliphatic carbocycles. The molecule has 4 nitrogen and oxygen atoms in total. The highest BCUT2D eigenvalue weighted by Crippen LogP contribution is 2.34. The largest absolute Gasteiger partial charge is 0.457 e. The summed E-state index contributed by atoms with van der Waals surface area (Å²) in [7, 11) is 0. The molecule has 0 atom stereocenters. The predicted octanol–water partition coefficient (Wildman–Crippen LogP) is 3.29. The fourth-order valence-corrected chi connectivity index (χ4v) is 2.01. The fraction of sp³-hybridized carbons (Fsp3) is 0.118. The molecule has 2 aromatic rings. The van der Waals surface area contributed by atoms with E-state index in [1.165, 1.54) is 0 Å². The molecule has 0 N–H and O–H groups in total. The van der Waals surface area contributed by atoms with Crippen LogP contribution >= 0.6 is 0 Å². The van der Waals surface area contributed by atoms with E-state index in [0.717, 1.165) is 5.56 Å². The third-order valence-corrected chi connectivity index (χ3v) is 3.17. The van der Waals surface area contributed by atoms with Gasteiger partial charge in [0.1, 0.15) is 6.61 Å². The standard InChI is InChI=1S/C17H14O4/c1-12(10-19-17(18)13-5-3-2-4-6-13)14-7-8-15-16(9-14)21-11-20-15/h2-9H,1,10-11H2. The van der Waals surface area contributed by atoms with Crippen LogP contribution in [0.1, 0.15) is 15.9 Å². The molecule has 4 heteroatoms. The molecule has 1 heterocycles. The zero-order valence-electron chi connectivity index (χ0n) is 11.4. The van der Waals surface area contributed by atoms with Crippen molar-refractivity contribution in [2.45, 2.75) is 0 Å². The Balaban J connectivity index is 1.63. The summed E-state index contributed by atoms with van der Waals surface area (Å²) in [5, 5.41) is 0. The number of hydrogen-bond acceptors (Lipinski definition) is 4. The maximum Gasteiger partial charge on any atom is 0.338 e. The average Bonchev–Trinajstić information content (AvgIpc) is 3.00. The van der Waals surface area contributed by atoms with Crippen molar-refractivity contribution in [3.63, 3.8) is 0 Å². The highest BCUT2D eigenvalue weighted by Gasteiger charge is 2.15. The van der Waals surface area contributed by atoms with Crippen molar-refractivity contribution in [1.82, 2.24) is 0 Å². The molecule has 21 heavy (non-hydrogen) atoms. The summed E-state index contributed by atoms with van der Waals surface area (Å²) in [6.45, 7) is 4.31. The lowest BCUT2D eigenvalue weighted by molar-refractivity contribution is 0.0557. The second-order valence-corrected chi connectivity index (χ2v) is 4.61. The van der Waals surface area contributed by atoms with Crippen LogP contribution in [-0.2, 0) is 4.74 Å². The summed E-state index contributed by atoms with van der Waals surface area (Å²) in [6, 6.07) is 14.4. The van der Waals surface area contributed by atoms with Gasteiger partial charge in [-0.3, -0.25) is 0 Å². The van der Waals surface area contributed by atoms with Gasteiger partial charge < -0.3 is 14.2 Å². The number of carbonyl (C=O) groups is 1. The van der Waals surface area contributed by atoms with Gasteiger partial charge in [-0.25, -0.2) is 4.79 Å². The molecule has 1 aliphatic rings. The van der Waals surface area contributed by atoms with Crippen molar-refractivity contribution in [3.05, 3.63) is 66.2 Å². The quantitative estimate of drug-likeness (QED) is 0.807. The first kappa shape index (κ1) is 13.2. The van der Waals surface area contributed by atoms with E-state index in [0.29, 0.717) is 22.6 Å². The number of benzene rings is 2. The molecular formula is C17H14O4. The number of ether oxygens (including phenoxy) is 3. The van der Waals surface area contributed by atoms with Crippen LogP contribution in [0.25, 0.3) is 5.57 Å². The third-order valence-electron chi connectivity index (χ3n) is 3.17. The van der Waals surface area contributed by atoms with Crippen LogP contribution in [0.5, 0.6) is 11.5 Å². The van der Waals surface area contributed by atoms with Crippen LogP contribution in [0, 0.1) is 0 Å². The van der Waals surface area contributed by atoms with Gasteiger partial charge in [0.25, 0.3) is 0 Å². The van der Waals surface area contributed by atoms with Gasteiger partial charge in [-0.05, 0) is 35.4 Å². The van der Waals surface area contributed by atoms with Crippen molar-refractivity contribution in [2.75, 3.05) is 13.4 Å². The summed E-state index contributed by atoms with van der Waals surface area (Å²) in [5.74, 6) is 1.04. The lowest BCUT2D eigenvalue weighted by atomic mass is 10.1. The molecule has 0 aromatic heterocycles. The van der Waals surface area contributed by atoms with Crippen molar-refractivity contribution < 1.29 is 19.0 Å². The Morgan fingerprint density at radius 2 is 1.81 bits per heavy atom. The van der Waals surface area contributed by atoms with Gasteiger partial charge in [-0.15, -0.1) is 0 Å². The molecule has 0 unspecified atom stereocenters. The number of esters is 1. The molecule has 0 radical (unpaired) electrons. The van der Waals surface area contributed by atoms with E-state index in [9.17, 15) is 4.79 Å². The van der Waals surface area contributed by atoms with Gasteiger partial charge in [0.15, 0.2) is 11.5 Å². The highest BCUT2D eigenvalue weighted by atomic mass is 16.7. The van der Waals surface area contributed by atoms with Gasteiger partial charge in [0.2, 0.25) is 6.79 Å². The minimum absolute atomic E-state index is 0.132. The van der Waals surface area contributed by atoms with Gasteiger partial charge in [-0.1, -0.05) is 30.8 Å². The lowest BCUT2D eigenvalue weighted by Crippen LogP contribution is -2.07. The summed E-state index contributed by atoms with van der Waals surface area (Å²) in [4.78, 5) is 11.9. The normalized spacial score (nSPS) is 12.0. The molecule has 0 amide bonds. The summed E-state index contributed by atoms with van der Waals surface area (Å²) in [5.41, 5.74) is 2.09. The minimum Gasteiger partial charge on any atom is -0.457 e. The van der Waals surface area contributed by atoms with Gasteiger partial charge in [0, 0.05) is 0 Å². The zero-order chi connectivity index (χ0) is 14.7. The molecular weight excluding hydrogens is 268 g/mol. The smallest absolute Gasteiger partial charge is 0.338 e. The molecule has 0 saturated carbocycles. The van der Waals surface area contributed by atoms with Crippen LogP contribution in [0.3, 0.4) is 0 Å². The Labute approximate surface area is 122 Å². The highest BCUT2D eigenvalue weighted by molar-refractivity contribution is 5.90. The number of rotatable bonds is 4. The minimum atomic E-state index is -0.363. The van der Waals surface area contributed by atoms with E-state index in [1.807, 2.05) is 24.3 Å². The Morgan fingerprint density at radius 1 is 1.05 bits per heavy atom. The molecule has 0 bridgehead atoms. The summed E-state index contributed by atoms with van der Waals surface area (Å²) < 4.78 is 15.8. The van der Waals surface area contributed by atoms with E-state index < -0.39 is 0 Å². The van der Waals surface area contributed by atoms with E-state index in [4.69, 9.17) is 14.2 Å². The zero-order valence-corrected chi connectivity index (χ0v) is 11.4. The Kier molecular flexibility index (Phi) is 3.60. The first-order valence-electron chi connectivity index (χ1n) is 6.54. The van der Waals surface area contributed by atoms with Crippen LogP contribution in [-0.4, -0.2) is 19.4 Å².